The molecule has 134 valence electrons. The molecule has 1 aliphatic heterocycles. The van der Waals surface area contributed by atoms with Gasteiger partial charge in [-0.2, -0.15) is 0 Å². The maximum Gasteiger partial charge on any atom is 0.338 e. The lowest BCUT2D eigenvalue weighted by molar-refractivity contribution is -0.125. The Balaban J connectivity index is 1.99. The Morgan fingerprint density at radius 3 is 2.64 bits per heavy atom. The normalized spacial score (nSPS) is 13.8. The van der Waals surface area contributed by atoms with Crippen LogP contribution >= 0.6 is 0 Å². The number of imide groups is 1. The molecule has 0 aliphatic carbocycles. The summed E-state index contributed by atoms with van der Waals surface area (Å²) in [6.45, 7) is 3.94. The quantitative estimate of drug-likeness (QED) is 0.557. The highest BCUT2D eigenvalue weighted by Crippen LogP contribution is 2.15. The van der Waals surface area contributed by atoms with E-state index in [1.54, 1.807) is 18.2 Å². The van der Waals surface area contributed by atoms with E-state index in [0.29, 0.717) is 18.0 Å². The highest BCUT2D eigenvalue weighted by molar-refractivity contribution is 6.02. The Labute approximate surface area is 145 Å². The highest BCUT2D eigenvalue weighted by Gasteiger charge is 2.29. The lowest BCUT2D eigenvalue weighted by atomic mass is 10.1. The summed E-state index contributed by atoms with van der Waals surface area (Å²) in [5, 5.41) is 5.07. The number of rotatable bonds is 7. The summed E-state index contributed by atoms with van der Waals surface area (Å²) >= 11 is 0. The summed E-state index contributed by atoms with van der Waals surface area (Å²) in [6, 6.07) is 6.00. The Hall–Kier alpha value is -2.90. The van der Waals surface area contributed by atoms with Gasteiger partial charge in [0.2, 0.25) is 5.91 Å². The van der Waals surface area contributed by atoms with Gasteiger partial charge in [0, 0.05) is 6.54 Å². The first-order chi connectivity index (χ1) is 11.9. The third-order valence-electron chi connectivity index (χ3n) is 3.54. The number of hydrogen-bond donors (Lipinski definition) is 2. The molecule has 1 heterocycles. The average molecular weight is 347 g/mol. The predicted molar refractivity (Wildman–Crippen MR) is 88.5 cm³/mol. The molecular weight excluding hydrogens is 326 g/mol. The fourth-order valence-electron chi connectivity index (χ4n) is 2.22. The molecule has 0 aromatic heterocycles. The number of ether oxygens (including phenoxy) is 1. The van der Waals surface area contributed by atoms with E-state index in [0.717, 1.165) is 4.90 Å². The number of urea groups is 1. The lowest BCUT2D eigenvalue weighted by Crippen LogP contribution is -2.32. The number of hydrogen-bond acceptors (Lipinski definition) is 5. The van der Waals surface area contributed by atoms with Crippen LogP contribution < -0.4 is 10.6 Å². The molecular formula is C17H21N3O5. The molecule has 1 fully saturated rings. The summed E-state index contributed by atoms with van der Waals surface area (Å²) < 4.78 is 5.03. The first kappa shape index (κ1) is 18.4. The van der Waals surface area contributed by atoms with E-state index in [2.05, 4.69) is 10.6 Å². The van der Waals surface area contributed by atoms with Crippen molar-refractivity contribution in [1.82, 2.24) is 15.5 Å². The van der Waals surface area contributed by atoms with Gasteiger partial charge in [0.1, 0.15) is 0 Å². The van der Waals surface area contributed by atoms with Gasteiger partial charge in [0.25, 0.3) is 5.91 Å². The molecule has 0 saturated carbocycles. The number of benzene rings is 1. The average Bonchev–Trinajstić information content (AvgIpc) is 2.90. The molecule has 2 rings (SSSR count). The second-order valence-electron chi connectivity index (χ2n) is 6.07. The Kier molecular flexibility index (Phi) is 6.10. The Bertz CT molecular complexity index is 671. The predicted octanol–water partition coefficient (Wildman–Crippen LogP) is 0.667. The molecule has 0 spiro atoms. The van der Waals surface area contributed by atoms with E-state index in [4.69, 9.17) is 4.74 Å². The van der Waals surface area contributed by atoms with E-state index >= 15 is 0 Å². The topological polar surface area (TPSA) is 105 Å². The van der Waals surface area contributed by atoms with Gasteiger partial charge in [-0.3, -0.25) is 14.5 Å². The minimum Gasteiger partial charge on any atom is -0.452 e. The van der Waals surface area contributed by atoms with Gasteiger partial charge in [-0.1, -0.05) is 32.0 Å². The maximum absolute atomic E-state index is 12.2. The SMILES string of the molecule is CC(C)CNC(=O)COC(=O)c1ccccc1CN1C(=O)CNC1=O. The summed E-state index contributed by atoms with van der Waals surface area (Å²) in [4.78, 5) is 48.2. The zero-order valence-corrected chi connectivity index (χ0v) is 14.2. The molecule has 1 aromatic rings. The molecule has 1 aliphatic rings. The van der Waals surface area contributed by atoms with Gasteiger partial charge < -0.3 is 15.4 Å². The molecule has 1 aromatic carbocycles. The molecule has 2 N–H and O–H groups in total. The van der Waals surface area contributed by atoms with Crippen LogP contribution in [0.2, 0.25) is 0 Å². The van der Waals surface area contributed by atoms with Crippen LogP contribution in [0.4, 0.5) is 4.79 Å². The summed E-state index contributed by atoms with van der Waals surface area (Å²) in [5.74, 6) is -1.12. The number of carbonyl (C=O) groups excluding carboxylic acids is 4. The van der Waals surface area contributed by atoms with Gasteiger partial charge in [0.15, 0.2) is 6.61 Å². The zero-order valence-electron chi connectivity index (χ0n) is 14.2. The maximum atomic E-state index is 12.2. The molecule has 8 heteroatoms. The van der Waals surface area contributed by atoms with Crippen LogP contribution in [-0.4, -0.2) is 48.4 Å². The van der Waals surface area contributed by atoms with Crippen molar-refractivity contribution >= 4 is 23.8 Å². The number of nitrogens with zero attached hydrogens (tertiary/aromatic N) is 1. The van der Waals surface area contributed by atoms with E-state index < -0.39 is 12.0 Å². The van der Waals surface area contributed by atoms with E-state index in [1.165, 1.54) is 6.07 Å². The van der Waals surface area contributed by atoms with Crippen LogP contribution in [0.1, 0.15) is 29.8 Å². The van der Waals surface area contributed by atoms with Gasteiger partial charge >= 0.3 is 12.0 Å². The minimum atomic E-state index is -0.678. The van der Waals surface area contributed by atoms with Crippen molar-refractivity contribution in [2.24, 2.45) is 5.92 Å². The third kappa shape index (κ3) is 5.03. The van der Waals surface area contributed by atoms with Gasteiger partial charge in [0.05, 0.1) is 18.7 Å². The van der Waals surface area contributed by atoms with Gasteiger partial charge in [-0.25, -0.2) is 9.59 Å². The highest BCUT2D eigenvalue weighted by atomic mass is 16.5. The molecule has 8 nitrogen and oxygen atoms in total. The van der Waals surface area contributed by atoms with E-state index in [9.17, 15) is 19.2 Å². The lowest BCUT2D eigenvalue weighted by Gasteiger charge is -2.15. The number of amides is 4. The van der Waals surface area contributed by atoms with Crippen molar-refractivity contribution in [1.29, 1.82) is 0 Å². The zero-order chi connectivity index (χ0) is 18.4. The van der Waals surface area contributed by atoms with E-state index in [1.807, 2.05) is 13.8 Å². The number of carbonyl (C=O) groups is 4. The summed E-state index contributed by atoms with van der Waals surface area (Å²) in [6.07, 6.45) is 0. The van der Waals surface area contributed by atoms with Crippen molar-refractivity contribution in [2.75, 3.05) is 19.7 Å². The summed E-state index contributed by atoms with van der Waals surface area (Å²) in [7, 11) is 0. The first-order valence-corrected chi connectivity index (χ1v) is 7.98. The van der Waals surface area contributed by atoms with Crippen molar-refractivity contribution in [2.45, 2.75) is 20.4 Å². The minimum absolute atomic E-state index is 0.0323. The molecule has 25 heavy (non-hydrogen) atoms. The monoisotopic (exact) mass is 347 g/mol. The van der Waals surface area contributed by atoms with Crippen molar-refractivity contribution in [3.8, 4) is 0 Å². The molecule has 0 radical (unpaired) electrons. The third-order valence-corrected chi connectivity index (χ3v) is 3.54. The fourth-order valence-corrected chi connectivity index (χ4v) is 2.22. The number of nitrogens with one attached hydrogen (secondary N) is 2. The fraction of sp³-hybridized carbons (Fsp3) is 0.412. The first-order valence-electron chi connectivity index (χ1n) is 7.98. The summed E-state index contributed by atoms with van der Waals surface area (Å²) in [5.41, 5.74) is 0.687. The molecule has 0 atom stereocenters. The molecule has 4 amide bonds. The molecule has 0 unspecified atom stereocenters. The Morgan fingerprint density at radius 1 is 1.28 bits per heavy atom. The van der Waals surface area contributed by atoms with Crippen molar-refractivity contribution in [3.05, 3.63) is 35.4 Å². The second-order valence-corrected chi connectivity index (χ2v) is 6.07. The van der Waals surface area contributed by atoms with Crippen LogP contribution in [0.15, 0.2) is 24.3 Å². The van der Waals surface area contributed by atoms with Crippen molar-refractivity contribution in [3.63, 3.8) is 0 Å². The van der Waals surface area contributed by atoms with Crippen LogP contribution in [0, 0.1) is 5.92 Å². The van der Waals surface area contributed by atoms with Crippen LogP contribution in [0.5, 0.6) is 0 Å². The number of esters is 1. The smallest absolute Gasteiger partial charge is 0.338 e. The second kappa shape index (κ2) is 8.27. The van der Waals surface area contributed by atoms with E-state index in [-0.39, 0.29) is 37.1 Å². The van der Waals surface area contributed by atoms with Crippen LogP contribution in [0.25, 0.3) is 0 Å². The van der Waals surface area contributed by atoms with Crippen LogP contribution in [-0.2, 0) is 20.9 Å². The van der Waals surface area contributed by atoms with Gasteiger partial charge in [-0.05, 0) is 17.5 Å². The largest absolute Gasteiger partial charge is 0.452 e. The standard InChI is InChI=1S/C17H21N3O5/c1-11(2)7-18-14(21)10-25-16(23)13-6-4-3-5-12(13)9-20-15(22)8-19-17(20)24/h3-6,11H,7-10H2,1-2H3,(H,18,21)(H,19,24). The van der Waals surface area contributed by atoms with Crippen LogP contribution in [0.3, 0.4) is 0 Å². The Morgan fingerprint density at radius 2 is 2.00 bits per heavy atom. The van der Waals surface area contributed by atoms with Crippen molar-refractivity contribution < 1.29 is 23.9 Å². The molecule has 0 bridgehead atoms. The van der Waals surface area contributed by atoms with Gasteiger partial charge in [-0.15, -0.1) is 0 Å². The molecule has 1 saturated heterocycles.